The molecule has 2 heterocycles. The van der Waals surface area contributed by atoms with Crippen LogP contribution in [0.2, 0.25) is 0 Å². The highest BCUT2D eigenvalue weighted by Crippen LogP contribution is 2.35. The minimum Gasteiger partial charge on any atom is -0.387 e. The summed E-state index contributed by atoms with van der Waals surface area (Å²) in [6.07, 6.45) is -1.57. The topological polar surface area (TPSA) is 24.8 Å². The molecule has 2 aliphatic heterocycles. The molecular formula is C15H16BrF3N2O. The molecule has 0 aromatic heterocycles. The van der Waals surface area contributed by atoms with Gasteiger partial charge in [0.15, 0.2) is 5.60 Å². The number of halogens is 4. The number of benzene rings is 1. The van der Waals surface area contributed by atoms with Gasteiger partial charge in [-0.3, -0.25) is 4.90 Å². The van der Waals surface area contributed by atoms with Gasteiger partial charge in [-0.25, -0.2) is 0 Å². The largest absolute Gasteiger partial charge is 0.416 e. The fourth-order valence-electron chi connectivity index (χ4n) is 3.08. The number of hydrogen-bond acceptors (Lipinski definition) is 3. The molecule has 0 bridgehead atoms. The third kappa shape index (κ3) is 3.46. The zero-order valence-electron chi connectivity index (χ0n) is 11.9. The normalized spacial score (nSPS) is 26.1. The van der Waals surface area contributed by atoms with Gasteiger partial charge in [-0.2, -0.15) is 13.2 Å². The van der Waals surface area contributed by atoms with E-state index in [4.69, 9.17) is 4.84 Å². The molecule has 1 saturated heterocycles. The van der Waals surface area contributed by atoms with Crippen LogP contribution in [-0.2, 0) is 17.6 Å². The second-order valence-electron chi connectivity index (χ2n) is 5.93. The molecule has 1 aromatic rings. The Hall–Kier alpha value is -1.08. The Morgan fingerprint density at radius 2 is 2.00 bits per heavy atom. The first-order valence-corrected chi connectivity index (χ1v) is 7.95. The van der Waals surface area contributed by atoms with Gasteiger partial charge in [0.25, 0.3) is 0 Å². The summed E-state index contributed by atoms with van der Waals surface area (Å²) in [6, 6.07) is 5.37. The van der Waals surface area contributed by atoms with Crippen molar-refractivity contribution in [3.63, 3.8) is 0 Å². The maximum absolute atomic E-state index is 12.6. The molecule has 7 heteroatoms. The lowest BCUT2D eigenvalue weighted by atomic mass is 9.90. The smallest absolute Gasteiger partial charge is 0.387 e. The lowest BCUT2D eigenvalue weighted by molar-refractivity contribution is -0.137. The van der Waals surface area contributed by atoms with Crippen LogP contribution in [0.25, 0.3) is 0 Å². The van der Waals surface area contributed by atoms with E-state index in [1.54, 1.807) is 12.1 Å². The van der Waals surface area contributed by atoms with E-state index in [1.165, 1.54) is 0 Å². The Morgan fingerprint density at radius 3 is 2.59 bits per heavy atom. The Balaban J connectivity index is 1.63. The first-order valence-electron chi connectivity index (χ1n) is 7.15. The molecule has 0 N–H and O–H groups in total. The lowest BCUT2D eigenvalue weighted by Gasteiger charge is -2.38. The van der Waals surface area contributed by atoms with Gasteiger partial charge >= 0.3 is 6.18 Å². The highest BCUT2D eigenvalue weighted by Gasteiger charge is 2.42. The minimum absolute atomic E-state index is 0.275. The van der Waals surface area contributed by atoms with Gasteiger partial charge < -0.3 is 4.84 Å². The van der Waals surface area contributed by atoms with E-state index in [9.17, 15) is 13.2 Å². The fraction of sp³-hybridized carbons (Fsp3) is 0.533. The standard InChI is InChI=1S/C15H16BrF3N2O/c16-13-8-14(22-20-13)6-1-7-21(10-14)9-11-2-4-12(5-3-11)15(17,18)19/h2-5H,1,6-10H2. The van der Waals surface area contributed by atoms with E-state index >= 15 is 0 Å². The molecule has 1 spiro atoms. The first kappa shape index (κ1) is 15.8. The Labute approximate surface area is 135 Å². The molecule has 0 aliphatic carbocycles. The van der Waals surface area contributed by atoms with Crippen LogP contribution >= 0.6 is 15.9 Å². The van der Waals surface area contributed by atoms with E-state index in [1.807, 2.05) is 0 Å². The van der Waals surface area contributed by atoms with Crippen LogP contribution in [0.3, 0.4) is 0 Å². The maximum Gasteiger partial charge on any atom is 0.416 e. The van der Waals surface area contributed by atoms with Crippen LogP contribution in [0.5, 0.6) is 0 Å². The number of likely N-dealkylation sites (tertiary alicyclic amines) is 1. The van der Waals surface area contributed by atoms with Gasteiger partial charge in [0.1, 0.15) is 4.62 Å². The van der Waals surface area contributed by atoms with Gasteiger partial charge in [0.05, 0.1) is 5.56 Å². The van der Waals surface area contributed by atoms with E-state index < -0.39 is 11.7 Å². The van der Waals surface area contributed by atoms with Crippen LogP contribution in [0, 0.1) is 0 Å². The van der Waals surface area contributed by atoms with Crippen LogP contribution in [-0.4, -0.2) is 28.2 Å². The van der Waals surface area contributed by atoms with Gasteiger partial charge in [-0.05, 0) is 53.0 Å². The molecule has 22 heavy (non-hydrogen) atoms. The number of piperidine rings is 1. The van der Waals surface area contributed by atoms with Crippen molar-refractivity contribution in [2.24, 2.45) is 5.16 Å². The molecular weight excluding hydrogens is 361 g/mol. The third-order valence-corrected chi connectivity index (χ3v) is 4.54. The molecule has 120 valence electrons. The van der Waals surface area contributed by atoms with Crippen LogP contribution < -0.4 is 0 Å². The summed E-state index contributed by atoms with van der Waals surface area (Å²) in [4.78, 5) is 7.79. The summed E-state index contributed by atoms with van der Waals surface area (Å²) >= 11 is 3.36. The summed E-state index contributed by atoms with van der Waals surface area (Å²) in [6.45, 7) is 2.29. The van der Waals surface area contributed by atoms with E-state index in [2.05, 4.69) is 26.0 Å². The molecule has 0 amide bonds. The second-order valence-corrected chi connectivity index (χ2v) is 6.84. The molecule has 0 saturated carbocycles. The number of alkyl halides is 3. The van der Waals surface area contributed by atoms with Gasteiger partial charge in [0, 0.05) is 19.5 Å². The van der Waals surface area contributed by atoms with E-state index in [0.29, 0.717) is 6.54 Å². The average molecular weight is 377 g/mol. The highest BCUT2D eigenvalue weighted by atomic mass is 79.9. The maximum atomic E-state index is 12.6. The Kier molecular flexibility index (Phi) is 4.20. The van der Waals surface area contributed by atoms with Gasteiger partial charge in [0.2, 0.25) is 0 Å². The van der Waals surface area contributed by atoms with Crippen molar-refractivity contribution >= 4 is 20.6 Å². The molecule has 1 aromatic carbocycles. The summed E-state index contributed by atoms with van der Waals surface area (Å²) in [7, 11) is 0. The number of oxime groups is 1. The van der Waals surface area contributed by atoms with Gasteiger partial charge in [-0.1, -0.05) is 17.3 Å². The van der Waals surface area contributed by atoms with Crippen molar-refractivity contribution in [1.82, 2.24) is 4.90 Å². The second kappa shape index (κ2) is 5.85. The highest BCUT2D eigenvalue weighted by molar-refractivity contribution is 9.18. The lowest BCUT2D eigenvalue weighted by Crippen LogP contribution is -2.47. The molecule has 1 unspecified atom stereocenters. The Bertz CT molecular complexity index is 573. The van der Waals surface area contributed by atoms with Crippen LogP contribution in [0.1, 0.15) is 30.4 Å². The monoisotopic (exact) mass is 376 g/mol. The quantitative estimate of drug-likeness (QED) is 0.773. The number of hydrogen-bond donors (Lipinski definition) is 0. The molecule has 2 aliphatic rings. The van der Waals surface area contributed by atoms with Crippen molar-refractivity contribution in [2.45, 2.75) is 37.6 Å². The number of rotatable bonds is 2. The predicted molar refractivity (Wildman–Crippen MR) is 80.8 cm³/mol. The summed E-state index contributed by atoms with van der Waals surface area (Å²) in [5.74, 6) is 0. The summed E-state index contributed by atoms with van der Waals surface area (Å²) < 4.78 is 38.5. The molecule has 3 nitrogen and oxygen atoms in total. The SMILES string of the molecule is FC(F)(F)c1ccc(CN2CCCC3(CC(Br)=NO3)C2)cc1. The number of nitrogens with zero attached hydrogens (tertiary/aromatic N) is 2. The third-order valence-electron chi connectivity index (χ3n) is 4.11. The van der Waals surface area contributed by atoms with Crippen molar-refractivity contribution in [1.29, 1.82) is 0 Å². The van der Waals surface area contributed by atoms with E-state index in [-0.39, 0.29) is 5.60 Å². The summed E-state index contributed by atoms with van der Waals surface area (Å²) in [5.41, 5.74) is -0.00550. The summed E-state index contributed by atoms with van der Waals surface area (Å²) in [5, 5.41) is 3.97. The zero-order chi connectivity index (χ0) is 15.8. The molecule has 1 fully saturated rings. The van der Waals surface area contributed by atoms with Crippen molar-refractivity contribution in [3.05, 3.63) is 35.4 Å². The van der Waals surface area contributed by atoms with Crippen LogP contribution in [0.15, 0.2) is 29.4 Å². The van der Waals surface area contributed by atoms with Crippen molar-refractivity contribution in [3.8, 4) is 0 Å². The van der Waals surface area contributed by atoms with E-state index in [0.717, 1.165) is 54.7 Å². The van der Waals surface area contributed by atoms with Gasteiger partial charge in [-0.15, -0.1) is 0 Å². The first-order chi connectivity index (χ1) is 10.4. The minimum atomic E-state index is -4.28. The average Bonchev–Trinajstić information content (AvgIpc) is 2.79. The fourth-order valence-corrected chi connectivity index (χ4v) is 3.66. The Morgan fingerprint density at radius 1 is 1.27 bits per heavy atom. The van der Waals surface area contributed by atoms with Crippen LogP contribution in [0.4, 0.5) is 13.2 Å². The van der Waals surface area contributed by atoms with Crippen molar-refractivity contribution in [2.75, 3.05) is 13.1 Å². The van der Waals surface area contributed by atoms with Crippen molar-refractivity contribution < 1.29 is 18.0 Å². The predicted octanol–water partition coefficient (Wildman–Crippen LogP) is 4.17. The molecule has 3 rings (SSSR count). The molecule has 0 radical (unpaired) electrons. The molecule has 1 atom stereocenters. The zero-order valence-corrected chi connectivity index (χ0v) is 13.5.